The van der Waals surface area contributed by atoms with Crippen molar-refractivity contribution < 1.29 is 14.4 Å². The Morgan fingerprint density at radius 2 is 1.61 bits per heavy atom. The molecule has 0 saturated carbocycles. The Morgan fingerprint density at radius 1 is 0.929 bits per heavy atom. The molecule has 1 heterocycles. The highest BCUT2D eigenvalue weighted by Crippen LogP contribution is 2.18. The first-order valence-corrected chi connectivity index (χ1v) is 8.97. The molecule has 3 rings (SSSR count). The Morgan fingerprint density at radius 3 is 2.36 bits per heavy atom. The highest BCUT2D eigenvalue weighted by atomic mass is 16.2. The fourth-order valence-electron chi connectivity index (χ4n) is 3.05. The Labute approximate surface area is 162 Å². The van der Waals surface area contributed by atoms with Crippen molar-refractivity contribution in [3.63, 3.8) is 0 Å². The number of benzene rings is 2. The van der Waals surface area contributed by atoms with Gasteiger partial charge in [0.25, 0.3) is 0 Å². The number of amides is 3. The molecule has 3 amide bonds. The number of hydrazine groups is 1. The van der Waals surface area contributed by atoms with E-state index < -0.39 is 11.9 Å². The van der Waals surface area contributed by atoms with Crippen LogP contribution in [0.4, 0.5) is 0 Å². The van der Waals surface area contributed by atoms with Gasteiger partial charge in [0.1, 0.15) is 0 Å². The molecule has 7 nitrogen and oxygen atoms in total. The molecule has 0 fully saturated rings. The van der Waals surface area contributed by atoms with Crippen LogP contribution >= 0.6 is 0 Å². The fraction of sp³-hybridized carbons (Fsp3) is 0.190. The molecule has 7 heteroatoms. The van der Waals surface area contributed by atoms with Crippen molar-refractivity contribution in [2.24, 2.45) is 0 Å². The van der Waals surface area contributed by atoms with Crippen molar-refractivity contribution in [2.45, 2.75) is 25.8 Å². The van der Waals surface area contributed by atoms with Gasteiger partial charge in [-0.3, -0.25) is 25.2 Å². The summed E-state index contributed by atoms with van der Waals surface area (Å²) in [6, 6.07) is 16.4. The second kappa shape index (κ2) is 8.85. The lowest BCUT2D eigenvalue weighted by molar-refractivity contribution is -0.129. The Kier molecular flexibility index (Phi) is 6.06. The highest BCUT2D eigenvalue weighted by Gasteiger charge is 2.17. The van der Waals surface area contributed by atoms with E-state index >= 15 is 0 Å². The molecular formula is C21H22N4O3. The van der Waals surface area contributed by atoms with Gasteiger partial charge in [0.05, 0.1) is 18.9 Å². The number of para-hydroxylation sites is 1. The molecule has 28 heavy (non-hydrogen) atoms. The molecule has 1 unspecified atom stereocenters. The van der Waals surface area contributed by atoms with Crippen LogP contribution in [0.1, 0.15) is 30.5 Å². The van der Waals surface area contributed by atoms with Crippen molar-refractivity contribution in [2.75, 3.05) is 0 Å². The second-order valence-corrected chi connectivity index (χ2v) is 6.50. The maximum Gasteiger partial charge on any atom is 0.242 e. The van der Waals surface area contributed by atoms with E-state index in [1.807, 2.05) is 54.6 Å². The summed E-state index contributed by atoms with van der Waals surface area (Å²) in [4.78, 5) is 39.0. The summed E-state index contributed by atoms with van der Waals surface area (Å²) in [7, 11) is 0. The van der Waals surface area contributed by atoms with Gasteiger partial charge in [0.15, 0.2) is 0 Å². The van der Waals surface area contributed by atoms with Crippen LogP contribution in [0.5, 0.6) is 0 Å². The van der Waals surface area contributed by atoms with Gasteiger partial charge >= 0.3 is 0 Å². The number of carbonyl (C=O) groups is 3. The first-order valence-electron chi connectivity index (χ1n) is 8.97. The van der Waals surface area contributed by atoms with Gasteiger partial charge in [0, 0.05) is 24.0 Å². The van der Waals surface area contributed by atoms with E-state index in [1.165, 1.54) is 6.92 Å². The van der Waals surface area contributed by atoms with E-state index in [0.717, 1.165) is 22.0 Å². The predicted octanol–water partition coefficient (Wildman–Crippen LogP) is 2.13. The predicted molar refractivity (Wildman–Crippen MR) is 106 cm³/mol. The zero-order chi connectivity index (χ0) is 19.9. The van der Waals surface area contributed by atoms with Crippen LogP contribution < -0.4 is 16.2 Å². The lowest BCUT2D eigenvalue weighted by atomic mass is 10.0. The SMILES string of the molecule is CC(=O)NC(CC(=O)NNC(=O)Cc1c[nH]c2ccccc12)c1ccccc1. The summed E-state index contributed by atoms with van der Waals surface area (Å²) in [6.45, 7) is 1.40. The van der Waals surface area contributed by atoms with Crippen LogP contribution in [0, 0.1) is 0 Å². The summed E-state index contributed by atoms with van der Waals surface area (Å²) in [5.74, 6) is -0.950. The number of rotatable bonds is 6. The lowest BCUT2D eigenvalue weighted by Crippen LogP contribution is -2.43. The second-order valence-electron chi connectivity index (χ2n) is 6.50. The number of aromatic nitrogens is 1. The molecule has 0 radical (unpaired) electrons. The van der Waals surface area contributed by atoms with E-state index in [1.54, 1.807) is 6.20 Å². The normalized spacial score (nSPS) is 11.6. The van der Waals surface area contributed by atoms with Gasteiger partial charge in [-0.05, 0) is 17.2 Å². The summed E-state index contributed by atoms with van der Waals surface area (Å²) >= 11 is 0. The van der Waals surface area contributed by atoms with E-state index in [9.17, 15) is 14.4 Å². The lowest BCUT2D eigenvalue weighted by Gasteiger charge is -2.18. The quantitative estimate of drug-likeness (QED) is 0.494. The Balaban J connectivity index is 1.55. The van der Waals surface area contributed by atoms with E-state index in [-0.39, 0.29) is 24.7 Å². The smallest absolute Gasteiger partial charge is 0.242 e. The van der Waals surface area contributed by atoms with Crippen LogP contribution in [-0.2, 0) is 20.8 Å². The average molecular weight is 378 g/mol. The molecule has 3 aromatic rings. The summed E-state index contributed by atoms with van der Waals surface area (Å²) in [5, 5.41) is 3.73. The molecule has 0 aliphatic heterocycles. The Bertz CT molecular complexity index is 981. The van der Waals surface area contributed by atoms with Crippen LogP contribution in [-0.4, -0.2) is 22.7 Å². The molecule has 0 bridgehead atoms. The zero-order valence-electron chi connectivity index (χ0n) is 15.5. The van der Waals surface area contributed by atoms with Crippen LogP contribution in [0.2, 0.25) is 0 Å². The molecule has 0 saturated heterocycles. The van der Waals surface area contributed by atoms with E-state index in [4.69, 9.17) is 0 Å². The third-order valence-electron chi connectivity index (χ3n) is 4.34. The number of H-pyrrole nitrogens is 1. The van der Waals surface area contributed by atoms with Crippen molar-refractivity contribution in [1.82, 2.24) is 21.2 Å². The first-order chi connectivity index (χ1) is 13.5. The van der Waals surface area contributed by atoms with Crippen LogP contribution in [0.15, 0.2) is 60.8 Å². The monoisotopic (exact) mass is 378 g/mol. The van der Waals surface area contributed by atoms with Crippen LogP contribution in [0.25, 0.3) is 10.9 Å². The summed E-state index contributed by atoms with van der Waals surface area (Å²) in [5.41, 5.74) is 7.47. The van der Waals surface area contributed by atoms with Crippen molar-refractivity contribution in [1.29, 1.82) is 0 Å². The molecule has 144 valence electrons. The minimum absolute atomic E-state index is 0.0109. The third kappa shape index (κ3) is 4.97. The fourth-order valence-corrected chi connectivity index (χ4v) is 3.05. The molecule has 1 aromatic heterocycles. The number of hydrogen-bond donors (Lipinski definition) is 4. The number of nitrogens with one attached hydrogen (secondary N) is 4. The largest absolute Gasteiger partial charge is 0.361 e. The molecule has 4 N–H and O–H groups in total. The average Bonchev–Trinajstić information content (AvgIpc) is 3.09. The van der Waals surface area contributed by atoms with Gasteiger partial charge in [-0.25, -0.2) is 0 Å². The number of aromatic amines is 1. The van der Waals surface area contributed by atoms with E-state index in [2.05, 4.69) is 21.2 Å². The van der Waals surface area contributed by atoms with Gasteiger partial charge in [-0.2, -0.15) is 0 Å². The molecule has 0 aliphatic carbocycles. The minimum Gasteiger partial charge on any atom is -0.361 e. The third-order valence-corrected chi connectivity index (χ3v) is 4.34. The molecular weight excluding hydrogens is 356 g/mol. The van der Waals surface area contributed by atoms with Gasteiger partial charge in [-0.15, -0.1) is 0 Å². The molecule has 0 aliphatic rings. The van der Waals surface area contributed by atoms with Gasteiger partial charge in [0.2, 0.25) is 17.7 Å². The minimum atomic E-state index is -0.468. The first kappa shape index (κ1) is 19.2. The maximum absolute atomic E-state index is 12.2. The molecule has 1 atom stereocenters. The maximum atomic E-state index is 12.2. The highest BCUT2D eigenvalue weighted by molar-refractivity contribution is 5.90. The van der Waals surface area contributed by atoms with Crippen molar-refractivity contribution in [3.8, 4) is 0 Å². The number of carbonyl (C=O) groups excluding carboxylic acids is 3. The van der Waals surface area contributed by atoms with Crippen LogP contribution in [0.3, 0.4) is 0 Å². The molecule has 0 spiro atoms. The molecule has 2 aromatic carbocycles. The van der Waals surface area contributed by atoms with Gasteiger partial charge in [-0.1, -0.05) is 48.5 Å². The number of fused-ring (bicyclic) bond motifs is 1. The topological polar surface area (TPSA) is 103 Å². The van der Waals surface area contributed by atoms with E-state index in [0.29, 0.717) is 0 Å². The summed E-state index contributed by atoms with van der Waals surface area (Å²) < 4.78 is 0. The Hall–Kier alpha value is -3.61. The number of hydrogen-bond acceptors (Lipinski definition) is 3. The summed E-state index contributed by atoms with van der Waals surface area (Å²) in [6.07, 6.45) is 1.93. The standard InChI is InChI=1S/C21H22N4O3/c1-14(26)23-19(15-7-3-2-4-8-15)12-21(28)25-24-20(27)11-16-13-22-18-10-6-5-9-17(16)18/h2-10,13,19,22H,11-12H2,1H3,(H,23,26)(H,24,27)(H,25,28). The van der Waals surface area contributed by atoms with Gasteiger partial charge < -0.3 is 10.3 Å². The van der Waals surface area contributed by atoms with Crippen molar-refractivity contribution in [3.05, 3.63) is 71.9 Å². The van der Waals surface area contributed by atoms with Crippen molar-refractivity contribution >= 4 is 28.6 Å². The zero-order valence-corrected chi connectivity index (χ0v) is 15.5.